The van der Waals surface area contributed by atoms with Crippen molar-refractivity contribution in [1.82, 2.24) is 10.3 Å². The minimum atomic E-state index is -1.26. The highest BCUT2D eigenvalue weighted by molar-refractivity contribution is 5.89. The number of nitrogens with one attached hydrogen (secondary N) is 1. The number of aliphatic carboxylic acids is 2. The highest BCUT2D eigenvalue weighted by Gasteiger charge is 2.14. The predicted molar refractivity (Wildman–Crippen MR) is 62.3 cm³/mol. The number of hydrogen-bond acceptors (Lipinski definition) is 5. The summed E-state index contributed by atoms with van der Waals surface area (Å²) in [6.45, 7) is 2.31. The molecule has 7 heteroatoms. The van der Waals surface area contributed by atoms with E-state index in [2.05, 4.69) is 17.4 Å². The Balaban J connectivity index is 0.000000304. The Morgan fingerprint density at radius 2 is 1.88 bits per heavy atom. The molecule has 1 rings (SSSR count). The lowest BCUT2D eigenvalue weighted by Gasteiger charge is -2.28. The zero-order valence-corrected chi connectivity index (χ0v) is 9.80. The molecule has 0 aromatic carbocycles. The van der Waals surface area contributed by atoms with Crippen molar-refractivity contribution in [2.75, 3.05) is 20.1 Å². The van der Waals surface area contributed by atoms with Crippen molar-refractivity contribution in [2.45, 2.75) is 18.9 Å². The van der Waals surface area contributed by atoms with Crippen LogP contribution in [0.25, 0.3) is 0 Å². The van der Waals surface area contributed by atoms with Gasteiger partial charge in [-0.25, -0.2) is 9.59 Å². The largest absolute Gasteiger partial charge is 0.478 e. The summed E-state index contributed by atoms with van der Waals surface area (Å²) in [6, 6.07) is 0.517. The summed E-state index contributed by atoms with van der Waals surface area (Å²) in [5.74, 6) is 2.77. The van der Waals surface area contributed by atoms with Gasteiger partial charge >= 0.3 is 11.9 Å². The molecule has 0 aromatic heterocycles. The zero-order valence-electron chi connectivity index (χ0n) is 9.80. The lowest BCUT2D eigenvalue weighted by atomic mass is 10.1. The normalized spacial score (nSPS) is 20.7. The number of hydrogen-bond donors (Lipinski definition) is 4. The standard InChI is InChI=1S/C6H15N3.C4H4O4/c1-9-4-2-3-6(5-9)8-7;5-3(6)1-2-4(7)8/h6,8H,2-5,7H2,1H3;1-2H,(H,5,6)(H,7,8)/b;2-1-. The van der Waals surface area contributed by atoms with Crippen LogP contribution in [0.3, 0.4) is 0 Å². The molecule has 5 N–H and O–H groups in total. The van der Waals surface area contributed by atoms with Gasteiger partial charge in [0.25, 0.3) is 0 Å². The molecular weight excluding hydrogens is 226 g/mol. The highest BCUT2D eigenvalue weighted by Crippen LogP contribution is 2.05. The number of piperidine rings is 1. The first-order valence-electron chi connectivity index (χ1n) is 5.24. The summed E-state index contributed by atoms with van der Waals surface area (Å²) in [6.07, 6.45) is 3.61. The van der Waals surface area contributed by atoms with Crippen molar-refractivity contribution in [1.29, 1.82) is 0 Å². The van der Waals surface area contributed by atoms with Crippen molar-refractivity contribution in [2.24, 2.45) is 5.84 Å². The van der Waals surface area contributed by atoms with Crippen LogP contribution in [-0.2, 0) is 9.59 Å². The molecule has 1 saturated heterocycles. The van der Waals surface area contributed by atoms with Crippen molar-refractivity contribution in [3.63, 3.8) is 0 Å². The molecule has 17 heavy (non-hydrogen) atoms. The van der Waals surface area contributed by atoms with Gasteiger partial charge in [0, 0.05) is 24.7 Å². The van der Waals surface area contributed by atoms with E-state index in [4.69, 9.17) is 16.1 Å². The van der Waals surface area contributed by atoms with E-state index < -0.39 is 11.9 Å². The van der Waals surface area contributed by atoms with E-state index in [-0.39, 0.29) is 0 Å². The number of likely N-dealkylation sites (N-methyl/N-ethyl adjacent to an activating group) is 1. The van der Waals surface area contributed by atoms with Crippen molar-refractivity contribution >= 4 is 11.9 Å². The molecule has 1 heterocycles. The Labute approximate surface area is 99.9 Å². The van der Waals surface area contributed by atoms with E-state index >= 15 is 0 Å². The smallest absolute Gasteiger partial charge is 0.328 e. The van der Waals surface area contributed by atoms with Gasteiger partial charge in [-0.15, -0.1) is 0 Å². The summed E-state index contributed by atoms with van der Waals surface area (Å²) in [5.41, 5.74) is 2.79. The summed E-state index contributed by atoms with van der Waals surface area (Å²) in [7, 11) is 2.13. The summed E-state index contributed by atoms with van der Waals surface area (Å²) in [4.78, 5) is 21.4. The van der Waals surface area contributed by atoms with Gasteiger partial charge in [0.05, 0.1) is 0 Å². The number of hydrazine groups is 1. The molecule has 0 aliphatic carbocycles. The third kappa shape index (κ3) is 9.49. The molecule has 1 aliphatic heterocycles. The maximum Gasteiger partial charge on any atom is 0.328 e. The molecule has 1 unspecified atom stereocenters. The van der Waals surface area contributed by atoms with Gasteiger partial charge in [-0.2, -0.15) is 0 Å². The van der Waals surface area contributed by atoms with Crippen molar-refractivity contribution in [3.8, 4) is 0 Å². The van der Waals surface area contributed by atoms with Crippen LogP contribution in [-0.4, -0.2) is 53.2 Å². The Hall–Kier alpha value is -1.44. The van der Waals surface area contributed by atoms with Crippen molar-refractivity contribution in [3.05, 3.63) is 12.2 Å². The molecule has 0 spiro atoms. The minimum absolute atomic E-state index is 0.517. The maximum absolute atomic E-state index is 9.55. The van der Waals surface area contributed by atoms with Crippen LogP contribution in [0.5, 0.6) is 0 Å². The van der Waals surface area contributed by atoms with E-state index in [0.717, 1.165) is 6.54 Å². The summed E-state index contributed by atoms with van der Waals surface area (Å²) < 4.78 is 0. The maximum atomic E-state index is 9.55. The third-order valence-electron chi connectivity index (χ3n) is 2.23. The Bertz CT molecular complexity index is 265. The zero-order chi connectivity index (χ0) is 13.3. The highest BCUT2D eigenvalue weighted by atomic mass is 16.4. The van der Waals surface area contributed by atoms with E-state index in [1.54, 1.807) is 0 Å². The van der Waals surface area contributed by atoms with E-state index in [9.17, 15) is 9.59 Å². The Morgan fingerprint density at radius 3 is 2.18 bits per heavy atom. The molecule has 1 fully saturated rings. The number of nitrogens with two attached hydrogens (primary N) is 1. The third-order valence-corrected chi connectivity index (χ3v) is 2.23. The topological polar surface area (TPSA) is 116 Å². The van der Waals surface area contributed by atoms with Crippen LogP contribution in [0, 0.1) is 0 Å². The first kappa shape index (κ1) is 15.6. The Kier molecular flexibility index (Phi) is 7.95. The van der Waals surface area contributed by atoms with Gasteiger partial charge in [-0.05, 0) is 26.4 Å². The van der Waals surface area contributed by atoms with Crippen LogP contribution in [0.2, 0.25) is 0 Å². The Morgan fingerprint density at radius 1 is 1.35 bits per heavy atom. The molecule has 0 aromatic rings. The quantitative estimate of drug-likeness (QED) is 0.294. The molecule has 0 saturated carbocycles. The number of nitrogens with zero attached hydrogens (tertiary/aromatic N) is 1. The molecule has 1 atom stereocenters. The van der Waals surface area contributed by atoms with E-state index in [1.807, 2.05) is 0 Å². The molecule has 7 nitrogen and oxygen atoms in total. The lowest BCUT2D eigenvalue weighted by molar-refractivity contribution is -0.134. The SMILES string of the molecule is CN1CCCC(NN)C1.O=C(O)/C=C\C(=O)O. The van der Waals surface area contributed by atoms with Crippen LogP contribution >= 0.6 is 0 Å². The fraction of sp³-hybridized carbons (Fsp3) is 0.600. The number of carbonyl (C=O) groups is 2. The van der Waals surface area contributed by atoms with Gasteiger partial charge in [0.1, 0.15) is 0 Å². The van der Waals surface area contributed by atoms with E-state index in [0.29, 0.717) is 18.2 Å². The van der Waals surface area contributed by atoms with Crippen LogP contribution in [0.4, 0.5) is 0 Å². The van der Waals surface area contributed by atoms with Gasteiger partial charge in [-0.3, -0.25) is 11.3 Å². The number of carboxylic acid groups (broad SMARTS) is 2. The fourth-order valence-electron chi connectivity index (χ4n) is 1.45. The fourth-order valence-corrected chi connectivity index (χ4v) is 1.45. The average molecular weight is 245 g/mol. The van der Waals surface area contributed by atoms with Gasteiger partial charge in [0.15, 0.2) is 0 Å². The monoisotopic (exact) mass is 245 g/mol. The van der Waals surface area contributed by atoms with Gasteiger partial charge in [0.2, 0.25) is 0 Å². The molecule has 1 aliphatic rings. The van der Waals surface area contributed by atoms with Gasteiger partial charge in [-0.1, -0.05) is 0 Å². The lowest BCUT2D eigenvalue weighted by Crippen LogP contribution is -2.46. The number of carboxylic acids is 2. The van der Waals surface area contributed by atoms with Gasteiger partial charge < -0.3 is 15.1 Å². The first-order chi connectivity index (χ1) is 7.95. The minimum Gasteiger partial charge on any atom is -0.478 e. The molecule has 0 amide bonds. The van der Waals surface area contributed by atoms with Crippen LogP contribution in [0.15, 0.2) is 12.2 Å². The second-order valence-electron chi connectivity index (χ2n) is 3.78. The van der Waals surface area contributed by atoms with Crippen molar-refractivity contribution < 1.29 is 19.8 Å². The summed E-state index contributed by atoms with van der Waals surface area (Å²) in [5, 5.41) is 15.6. The molecule has 0 radical (unpaired) electrons. The van der Waals surface area contributed by atoms with E-state index in [1.165, 1.54) is 19.4 Å². The second kappa shape index (κ2) is 8.68. The summed E-state index contributed by atoms with van der Waals surface area (Å²) >= 11 is 0. The predicted octanol–water partition coefficient (Wildman–Crippen LogP) is -0.744. The molecule has 98 valence electrons. The second-order valence-corrected chi connectivity index (χ2v) is 3.78. The first-order valence-corrected chi connectivity index (χ1v) is 5.24. The number of likely N-dealkylation sites (tertiary alicyclic amines) is 1. The number of rotatable bonds is 3. The molecule has 0 bridgehead atoms. The van der Waals surface area contributed by atoms with Crippen LogP contribution < -0.4 is 11.3 Å². The van der Waals surface area contributed by atoms with Crippen LogP contribution in [0.1, 0.15) is 12.8 Å². The average Bonchev–Trinajstić information content (AvgIpc) is 2.27. The molecular formula is C10H19N3O4.